The first-order valence-corrected chi connectivity index (χ1v) is 13.8. The highest BCUT2D eigenvalue weighted by molar-refractivity contribution is 6.28. The Hall–Kier alpha value is -4.75. The van der Waals surface area contributed by atoms with E-state index in [0.29, 0.717) is 36.2 Å². The normalized spacial score (nSPS) is 15.3. The molecular formula is C28H30ClN11O2. The van der Waals surface area contributed by atoms with Gasteiger partial charge in [-0.05, 0) is 43.5 Å². The SMILES string of the molecule is Cc1cnc(Nc2cc(C)n(C)n2)nc1-c1c[nH]c2c(NC(=O)CN3CC[C@H](Oc4nc(Cl)ncc4N)C3)cccc12. The zero-order valence-corrected chi connectivity index (χ0v) is 24.1. The van der Waals surface area contributed by atoms with Gasteiger partial charge in [-0.2, -0.15) is 10.1 Å². The number of nitrogens with zero attached hydrogens (tertiary/aromatic N) is 7. The molecule has 1 atom stereocenters. The number of hydrogen-bond acceptors (Lipinski definition) is 10. The zero-order chi connectivity index (χ0) is 29.4. The number of aromatic amines is 1. The number of aryl methyl sites for hydroxylation is 3. The number of likely N-dealkylation sites (tertiary alicyclic amines) is 1. The first-order valence-electron chi connectivity index (χ1n) is 13.4. The van der Waals surface area contributed by atoms with Crippen LogP contribution in [0.15, 0.2) is 42.9 Å². The number of nitrogens with one attached hydrogen (secondary N) is 3. The Morgan fingerprint density at radius 2 is 2.10 bits per heavy atom. The van der Waals surface area contributed by atoms with Crippen molar-refractivity contribution in [1.29, 1.82) is 0 Å². The van der Waals surface area contributed by atoms with Crippen LogP contribution in [0.25, 0.3) is 22.2 Å². The van der Waals surface area contributed by atoms with Crippen LogP contribution in [0, 0.1) is 13.8 Å². The maximum absolute atomic E-state index is 13.0. The molecule has 0 unspecified atom stereocenters. The number of para-hydroxylation sites is 1. The molecule has 0 radical (unpaired) electrons. The Balaban J connectivity index is 1.14. The fourth-order valence-electron chi connectivity index (χ4n) is 5.00. The van der Waals surface area contributed by atoms with Crippen LogP contribution in [0.5, 0.6) is 5.88 Å². The Kier molecular flexibility index (Phi) is 7.35. The number of aromatic nitrogens is 7. The van der Waals surface area contributed by atoms with Gasteiger partial charge >= 0.3 is 0 Å². The highest BCUT2D eigenvalue weighted by Crippen LogP contribution is 2.33. The number of carbonyl (C=O) groups excluding carboxylic acids is 1. The summed E-state index contributed by atoms with van der Waals surface area (Å²) in [7, 11) is 1.88. The van der Waals surface area contributed by atoms with Gasteiger partial charge in [-0.15, -0.1) is 0 Å². The van der Waals surface area contributed by atoms with Crippen molar-refractivity contribution in [3.8, 4) is 17.1 Å². The summed E-state index contributed by atoms with van der Waals surface area (Å²) in [5, 5.41) is 11.7. The summed E-state index contributed by atoms with van der Waals surface area (Å²) in [5.41, 5.74) is 11.4. The maximum Gasteiger partial charge on any atom is 0.241 e. The third-order valence-electron chi connectivity index (χ3n) is 7.20. The summed E-state index contributed by atoms with van der Waals surface area (Å²) in [6.07, 6.45) is 5.68. The number of nitrogen functional groups attached to an aromatic ring is 1. The van der Waals surface area contributed by atoms with Gasteiger partial charge in [0, 0.05) is 55.2 Å². The zero-order valence-electron chi connectivity index (χ0n) is 23.3. The molecule has 1 saturated heterocycles. The van der Waals surface area contributed by atoms with Crippen LogP contribution in [0.3, 0.4) is 0 Å². The molecule has 216 valence electrons. The van der Waals surface area contributed by atoms with E-state index in [-0.39, 0.29) is 29.7 Å². The minimum atomic E-state index is -0.155. The summed E-state index contributed by atoms with van der Waals surface area (Å²) in [5.74, 6) is 1.26. The van der Waals surface area contributed by atoms with E-state index < -0.39 is 0 Å². The molecule has 5 aromatic rings. The van der Waals surface area contributed by atoms with E-state index >= 15 is 0 Å². The van der Waals surface area contributed by atoms with Crippen LogP contribution in [0.4, 0.5) is 23.1 Å². The first kappa shape index (κ1) is 27.4. The van der Waals surface area contributed by atoms with Crippen molar-refractivity contribution >= 4 is 51.6 Å². The molecule has 0 bridgehead atoms. The van der Waals surface area contributed by atoms with Gasteiger partial charge in [-0.25, -0.2) is 15.0 Å². The molecule has 1 fully saturated rings. The summed E-state index contributed by atoms with van der Waals surface area (Å²) in [4.78, 5) is 35.5. The summed E-state index contributed by atoms with van der Waals surface area (Å²) < 4.78 is 7.71. The van der Waals surface area contributed by atoms with E-state index in [9.17, 15) is 4.79 Å². The number of hydrogen-bond donors (Lipinski definition) is 4. The van der Waals surface area contributed by atoms with Crippen LogP contribution in [0.1, 0.15) is 17.7 Å². The van der Waals surface area contributed by atoms with E-state index in [2.05, 4.69) is 35.7 Å². The number of benzene rings is 1. The van der Waals surface area contributed by atoms with Gasteiger partial charge in [0.15, 0.2) is 5.82 Å². The Bertz CT molecular complexity index is 1760. The second-order valence-electron chi connectivity index (χ2n) is 10.3. The number of anilines is 4. The summed E-state index contributed by atoms with van der Waals surface area (Å²) >= 11 is 5.87. The second kappa shape index (κ2) is 11.3. The Morgan fingerprint density at radius 1 is 1.24 bits per heavy atom. The fraction of sp³-hybridized carbons (Fsp3) is 0.286. The van der Waals surface area contributed by atoms with Crippen molar-refractivity contribution in [3.05, 3.63) is 59.4 Å². The third-order valence-corrected chi connectivity index (χ3v) is 7.38. The van der Waals surface area contributed by atoms with Crippen LogP contribution < -0.4 is 21.1 Å². The molecule has 0 saturated carbocycles. The number of halogens is 1. The van der Waals surface area contributed by atoms with E-state index in [0.717, 1.165) is 39.8 Å². The predicted octanol–water partition coefficient (Wildman–Crippen LogP) is 3.84. The minimum Gasteiger partial charge on any atom is -0.471 e. The average molecular weight is 588 g/mol. The highest BCUT2D eigenvalue weighted by Gasteiger charge is 2.27. The van der Waals surface area contributed by atoms with Crippen molar-refractivity contribution in [1.82, 2.24) is 39.6 Å². The van der Waals surface area contributed by atoms with E-state index in [1.165, 1.54) is 6.20 Å². The Morgan fingerprint density at radius 3 is 2.90 bits per heavy atom. The van der Waals surface area contributed by atoms with Crippen LogP contribution >= 0.6 is 11.6 Å². The molecule has 1 amide bonds. The maximum atomic E-state index is 13.0. The van der Waals surface area contributed by atoms with Gasteiger partial charge in [0.05, 0.1) is 29.6 Å². The minimum absolute atomic E-state index is 0.0709. The lowest BCUT2D eigenvalue weighted by Gasteiger charge is -2.17. The average Bonchev–Trinajstić information content (AvgIpc) is 3.66. The van der Waals surface area contributed by atoms with Gasteiger partial charge in [0.25, 0.3) is 0 Å². The molecular weight excluding hydrogens is 558 g/mol. The molecule has 13 nitrogen and oxygen atoms in total. The quantitative estimate of drug-likeness (QED) is 0.196. The summed E-state index contributed by atoms with van der Waals surface area (Å²) in [6.45, 7) is 5.43. The smallest absolute Gasteiger partial charge is 0.241 e. The number of carbonyl (C=O) groups is 1. The van der Waals surface area contributed by atoms with Gasteiger partial charge in [0.2, 0.25) is 23.0 Å². The predicted molar refractivity (Wildman–Crippen MR) is 161 cm³/mol. The van der Waals surface area contributed by atoms with Crippen molar-refractivity contribution < 1.29 is 9.53 Å². The van der Waals surface area contributed by atoms with Gasteiger partial charge in [0.1, 0.15) is 11.8 Å². The number of fused-ring (bicyclic) bond motifs is 1. The topological polar surface area (TPSA) is 165 Å². The van der Waals surface area contributed by atoms with Gasteiger partial charge < -0.3 is 26.1 Å². The molecule has 1 aliphatic heterocycles. The number of rotatable bonds is 8. The highest BCUT2D eigenvalue weighted by atomic mass is 35.5. The number of H-pyrrole nitrogens is 1. The number of amides is 1. The Labute approximate surface area is 246 Å². The van der Waals surface area contributed by atoms with E-state index in [1.807, 2.05) is 56.3 Å². The number of nitrogens with two attached hydrogens (primary N) is 1. The molecule has 14 heteroatoms. The van der Waals surface area contributed by atoms with Gasteiger partial charge in [-0.3, -0.25) is 14.4 Å². The largest absolute Gasteiger partial charge is 0.471 e. The van der Waals surface area contributed by atoms with Crippen molar-refractivity contribution in [3.63, 3.8) is 0 Å². The van der Waals surface area contributed by atoms with Crippen LogP contribution in [-0.2, 0) is 11.8 Å². The lowest BCUT2D eigenvalue weighted by Crippen LogP contribution is -2.33. The van der Waals surface area contributed by atoms with Crippen molar-refractivity contribution in [2.75, 3.05) is 36.0 Å². The number of ether oxygens (including phenoxy) is 1. The van der Waals surface area contributed by atoms with Crippen molar-refractivity contribution in [2.45, 2.75) is 26.4 Å². The molecule has 6 rings (SSSR count). The van der Waals surface area contributed by atoms with Gasteiger partial charge in [-0.1, -0.05) is 12.1 Å². The molecule has 5 heterocycles. The standard InChI is InChI=1S/C28H30ClN11O2/c1-15-10-33-28(35-22-9-16(2)39(3)38-22)36-24(15)19-11-31-25-18(19)5-4-6-21(25)34-23(41)14-40-8-7-17(13-40)42-26-20(30)12-32-27(29)37-26/h4-6,9-12,17,31H,7-8,13-14,30H2,1-3H3,(H,34,41)(H,33,35,36,38)/t17-/m0/s1. The molecule has 1 aromatic carbocycles. The molecule has 5 N–H and O–H groups in total. The molecule has 1 aliphatic rings. The lowest BCUT2D eigenvalue weighted by atomic mass is 10.1. The summed E-state index contributed by atoms with van der Waals surface area (Å²) in [6, 6.07) is 7.73. The second-order valence-corrected chi connectivity index (χ2v) is 10.6. The van der Waals surface area contributed by atoms with Crippen LogP contribution in [0.2, 0.25) is 5.28 Å². The molecule has 4 aromatic heterocycles. The third kappa shape index (κ3) is 5.69. The van der Waals surface area contributed by atoms with Crippen LogP contribution in [-0.4, -0.2) is 71.2 Å². The lowest BCUT2D eigenvalue weighted by molar-refractivity contribution is -0.117. The first-order chi connectivity index (χ1) is 20.2. The fourth-order valence-corrected chi connectivity index (χ4v) is 5.13. The van der Waals surface area contributed by atoms with E-state index in [4.69, 9.17) is 27.1 Å². The monoisotopic (exact) mass is 587 g/mol. The molecule has 0 aliphatic carbocycles. The van der Waals surface area contributed by atoms with E-state index in [1.54, 1.807) is 10.9 Å². The van der Waals surface area contributed by atoms with Crippen molar-refractivity contribution in [2.24, 2.45) is 7.05 Å². The molecule has 0 spiro atoms. The molecule has 42 heavy (non-hydrogen) atoms.